The van der Waals surface area contributed by atoms with Gasteiger partial charge in [-0.15, -0.1) is 0 Å². The molecule has 32 heavy (non-hydrogen) atoms. The number of nitrogens with one attached hydrogen (secondary N) is 1. The smallest absolute Gasteiger partial charge is 0.307 e. The van der Waals surface area contributed by atoms with Crippen molar-refractivity contribution in [3.63, 3.8) is 0 Å². The minimum absolute atomic E-state index is 0.0884. The van der Waals surface area contributed by atoms with Crippen molar-refractivity contribution in [2.24, 2.45) is 5.10 Å². The zero-order valence-electron chi connectivity index (χ0n) is 15.9. The van der Waals surface area contributed by atoms with E-state index >= 15 is 0 Å². The van der Waals surface area contributed by atoms with Gasteiger partial charge < -0.3 is 8.83 Å². The molecule has 0 saturated carbocycles. The Hall–Kier alpha value is -4.51. The number of furan rings is 2. The van der Waals surface area contributed by atoms with Crippen molar-refractivity contribution in [1.82, 2.24) is 5.43 Å². The van der Waals surface area contributed by atoms with Crippen LogP contribution in [0, 0.1) is 20.2 Å². The van der Waals surface area contributed by atoms with Crippen molar-refractivity contribution in [3.8, 4) is 11.3 Å². The van der Waals surface area contributed by atoms with E-state index in [0.717, 1.165) is 0 Å². The van der Waals surface area contributed by atoms with E-state index in [1.807, 2.05) is 0 Å². The van der Waals surface area contributed by atoms with Gasteiger partial charge in [0.05, 0.1) is 21.6 Å². The van der Waals surface area contributed by atoms with E-state index in [4.69, 9.17) is 20.4 Å². The second-order valence-corrected chi connectivity index (χ2v) is 6.85. The highest BCUT2D eigenvalue weighted by Crippen LogP contribution is 2.33. The van der Waals surface area contributed by atoms with Gasteiger partial charge in [-0.3, -0.25) is 25.0 Å². The van der Waals surface area contributed by atoms with Gasteiger partial charge in [0.25, 0.3) is 11.4 Å². The number of hydrogen-bond donors (Lipinski definition) is 1. The monoisotopic (exact) mass is 454 g/mol. The number of non-ortho nitro benzene ring substituents is 1. The van der Waals surface area contributed by atoms with Gasteiger partial charge in [-0.25, -0.2) is 5.43 Å². The number of rotatable bonds is 6. The molecule has 11 nitrogen and oxygen atoms in total. The second kappa shape index (κ2) is 8.32. The summed E-state index contributed by atoms with van der Waals surface area (Å²) < 4.78 is 10.9. The van der Waals surface area contributed by atoms with Gasteiger partial charge in [-0.05, 0) is 36.4 Å². The molecule has 4 aromatic rings. The lowest BCUT2D eigenvalue weighted by Gasteiger charge is -2.00. The van der Waals surface area contributed by atoms with Gasteiger partial charge in [-0.1, -0.05) is 11.6 Å². The summed E-state index contributed by atoms with van der Waals surface area (Å²) in [4.78, 5) is 33.2. The highest BCUT2D eigenvalue weighted by Gasteiger charge is 2.19. The SMILES string of the molecule is O=C(N/N=C\c1ccc(-c2ccc(Cl)cc2[N+](=O)[O-])o1)c1cc2cc([N+](=O)[O-])ccc2o1. The van der Waals surface area contributed by atoms with Crippen LogP contribution in [0.15, 0.2) is 68.5 Å². The third-order valence-electron chi connectivity index (χ3n) is 4.34. The number of hydrazone groups is 1. The first-order valence-corrected chi connectivity index (χ1v) is 9.25. The minimum atomic E-state index is -0.680. The average Bonchev–Trinajstić information content (AvgIpc) is 3.40. The lowest BCUT2D eigenvalue weighted by molar-refractivity contribution is -0.384. The van der Waals surface area contributed by atoms with Crippen molar-refractivity contribution in [2.45, 2.75) is 0 Å². The molecule has 0 saturated heterocycles. The predicted molar refractivity (Wildman–Crippen MR) is 114 cm³/mol. The topological polar surface area (TPSA) is 154 Å². The van der Waals surface area contributed by atoms with Crippen LogP contribution in [0.3, 0.4) is 0 Å². The lowest BCUT2D eigenvalue weighted by Crippen LogP contribution is -2.16. The van der Waals surface area contributed by atoms with Crippen LogP contribution in [0.2, 0.25) is 5.02 Å². The summed E-state index contributed by atoms with van der Waals surface area (Å²) in [5.41, 5.74) is 2.45. The molecule has 0 spiro atoms. The molecule has 0 aliphatic carbocycles. The summed E-state index contributed by atoms with van der Waals surface area (Å²) in [7, 11) is 0. The molecule has 1 N–H and O–H groups in total. The minimum Gasteiger partial charge on any atom is -0.455 e. The van der Waals surface area contributed by atoms with Crippen LogP contribution in [0.5, 0.6) is 0 Å². The number of nitro benzene ring substituents is 2. The maximum absolute atomic E-state index is 12.2. The predicted octanol–water partition coefficient (Wildman–Crippen LogP) is 4.93. The van der Waals surface area contributed by atoms with Gasteiger partial charge in [0.2, 0.25) is 0 Å². The van der Waals surface area contributed by atoms with Crippen molar-refractivity contribution < 1.29 is 23.5 Å². The van der Waals surface area contributed by atoms with Crippen LogP contribution in [0.1, 0.15) is 16.3 Å². The number of halogens is 1. The summed E-state index contributed by atoms with van der Waals surface area (Å²) in [6, 6.07) is 12.5. The molecule has 160 valence electrons. The maximum atomic E-state index is 12.2. The van der Waals surface area contributed by atoms with Crippen LogP contribution in [0.25, 0.3) is 22.3 Å². The van der Waals surface area contributed by atoms with Crippen LogP contribution in [0.4, 0.5) is 11.4 Å². The number of carbonyl (C=O) groups excluding carboxylic acids is 1. The molecule has 2 aromatic carbocycles. The molecule has 0 aliphatic rings. The number of carbonyl (C=O) groups is 1. The summed E-state index contributed by atoms with van der Waals surface area (Å²) in [6.45, 7) is 0. The molecule has 0 atom stereocenters. The Bertz CT molecular complexity index is 1410. The van der Waals surface area contributed by atoms with E-state index in [-0.39, 0.29) is 39.2 Å². The fourth-order valence-electron chi connectivity index (χ4n) is 2.90. The van der Waals surface area contributed by atoms with Crippen molar-refractivity contribution in [2.75, 3.05) is 0 Å². The van der Waals surface area contributed by atoms with Crippen molar-refractivity contribution in [3.05, 3.63) is 91.4 Å². The number of nitrogens with zero attached hydrogens (tertiary/aromatic N) is 3. The summed E-state index contributed by atoms with van der Waals surface area (Å²) in [6.07, 6.45) is 1.21. The zero-order valence-corrected chi connectivity index (χ0v) is 16.6. The van der Waals surface area contributed by atoms with Gasteiger partial charge in [-0.2, -0.15) is 5.10 Å². The summed E-state index contributed by atoms with van der Waals surface area (Å²) >= 11 is 5.82. The van der Waals surface area contributed by atoms with Crippen LogP contribution in [-0.4, -0.2) is 22.0 Å². The molecule has 0 fully saturated rings. The third kappa shape index (κ3) is 4.18. The molecular formula is C20H11ClN4O7. The van der Waals surface area contributed by atoms with E-state index in [1.54, 1.807) is 0 Å². The Morgan fingerprint density at radius 3 is 2.56 bits per heavy atom. The van der Waals surface area contributed by atoms with Crippen LogP contribution >= 0.6 is 11.6 Å². The molecule has 4 rings (SSSR count). The Morgan fingerprint density at radius 2 is 1.81 bits per heavy atom. The normalized spacial score (nSPS) is 11.2. The zero-order chi connectivity index (χ0) is 22.8. The lowest BCUT2D eigenvalue weighted by atomic mass is 10.1. The number of fused-ring (bicyclic) bond motifs is 1. The molecular weight excluding hydrogens is 444 g/mol. The summed E-state index contributed by atoms with van der Waals surface area (Å²) in [5.74, 6) is -0.320. The largest absolute Gasteiger partial charge is 0.455 e. The Balaban J connectivity index is 1.48. The molecule has 0 radical (unpaired) electrons. The van der Waals surface area contributed by atoms with Crippen molar-refractivity contribution in [1.29, 1.82) is 0 Å². The Labute approximate surface area is 183 Å². The van der Waals surface area contributed by atoms with Crippen LogP contribution < -0.4 is 5.43 Å². The fourth-order valence-corrected chi connectivity index (χ4v) is 3.06. The maximum Gasteiger partial charge on any atom is 0.307 e. The molecule has 0 bridgehead atoms. The van der Waals surface area contributed by atoms with E-state index in [9.17, 15) is 25.0 Å². The van der Waals surface area contributed by atoms with E-state index in [0.29, 0.717) is 11.0 Å². The summed E-state index contributed by atoms with van der Waals surface area (Å²) in [5, 5.41) is 26.5. The molecule has 0 unspecified atom stereocenters. The molecule has 12 heteroatoms. The van der Waals surface area contributed by atoms with Gasteiger partial charge in [0.1, 0.15) is 17.1 Å². The van der Waals surface area contributed by atoms with Gasteiger partial charge in [0, 0.05) is 28.6 Å². The molecule has 2 heterocycles. The second-order valence-electron chi connectivity index (χ2n) is 6.41. The van der Waals surface area contributed by atoms with Gasteiger partial charge in [0.15, 0.2) is 5.76 Å². The standard InChI is InChI=1S/C20H11ClN4O7/c21-12-1-4-15(16(9-12)25(29)30)18-6-3-14(31-18)10-22-23-20(26)19-8-11-7-13(24(27)28)2-5-17(11)32-19/h1-10H,(H,23,26)/b22-10-. The van der Waals surface area contributed by atoms with E-state index in [1.165, 1.54) is 60.8 Å². The first kappa shape index (κ1) is 20.8. The highest BCUT2D eigenvalue weighted by atomic mass is 35.5. The number of amides is 1. The third-order valence-corrected chi connectivity index (χ3v) is 4.58. The fraction of sp³-hybridized carbons (Fsp3) is 0. The molecule has 1 amide bonds. The highest BCUT2D eigenvalue weighted by molar-refractivity contribution is 6.30. The quantitative estimate of drug-likeness (QED) is 0.246. The number of benzene rings is 2. The van der Waals surface area contributed by atoms with Gasteiger partial charge >= 0.3 is 5.91 Å². The van der Waals surface area contributed by atoms with E-state index < -0.39 is 15.8 Å². The van der Waals surface area contributed by atoms with Crippen molar-refractivity contribution >= 4 is 46.1 Å². The Morgan fingerprint density at radius 1 is 1.00 bits per heavy atom. The first-order chi connectivity index (χ1) is 15.3. The molecule has 2 aromatic heterocycles. The van der Waals surface area contributed by atoms with Crippen LogP contribution in [-0.2, 0) is 0 Å². The number of hydrogen-bond acceptors (Lipinski definition) is 8. The Kier molecular flexibility index (Phi) is 5.39. The average molecular weight is 455 g/mol. The number of nitro groups is 2. The van der Waals surface area contributed by atoms with E-state index in [2.05, 4.69) is 10.5 Å². The molecule has 0 aliphatic heterocycles. The first-order valence-electron chi connectivity index (χ1n) is 8.87.